The molecule has 2 heterocycles. The summed E-state index contributed by atoms with van der Waals surface area (Å²) in [5.41, 5.74) is 3.92. The Bertz CT molecular complexity index is 1280. The second-order valence-corrected chi connectivity index (χ2v) is 9.12. The van der Waals surface area contributed by atoms with E-state index in [1.54, 1.807) is 48.5 Å². The van der Waals surface area contributed by atoms with Crippen LogP contribution in [0.25, 0.3) is 11.8 Å². The zero-order valence-corrected chi connectivity index (χ0v) is 19.6. The topological polar surface area (TPSA) is 59.4 Å². The van der Waals surface area contributed by atoms with E-state index in [0.717, 1.165) is 39.3 Å². The van der Waals surface area contributed by atoms with Gasteiger partial charge in [-0.1, -0.05) is 53.5 Å². The van der Waals surface area contributed by atoms with Gasteiger partial charge in [0.1, 0.15) is 0 Å². The molecule has 4 rings (SSSR count). The molecule has 5 nitrogen and oxygen atoms in total. The summed E-state index contributed by atoms with van der Waals surface area (Å²) in [5, 5.41) is 0.461. The molecular formula is C24H18Cl2N2O3S. The van der Waals surface area contributed by atoms with Gasteiger partial charge in [-0.3, -0.25) is 19.3 Å². The molecule has 0 spiro atoms. The predicted octanol–water partition coefficient (Wildman–Crippen LogP) is 6.32. The van der Waals surface area contributed by atoms with Crippen LogP contribution in [0.2, 0.25) is 10.0 Å². The van der Waals surface area contributed by atoms with Crippen molar-refractivity contribution in [3.8, 4) is 5.69 Å². The van der Waals surface area contributed by atoms with E-state index in [0.29, 0.717) is 15.6 Å². The number of carbonyl (C=O) groups excluding carboxylic acids is 3. The maximum absolute atomic E-state index is 12.9. The van der Waals surface area contributed by atoms with Crippen LogP contribution in [0.3, 0.4) is 0 Å². The maximum Gasteiger partial charge on any atom is 0.293 e. The number of benzene rings is 2. The Hall–Kier alpha value is -2.80. The van der Waals surface area contributed by atoms with Crippen LogP contribution in [-0.4, -0.2) is 32.9 Å². The van der Waals surface area contributed by atoms with Gasteiger partial charge >= 0.3 is 0 Å². The Morgan fingerprint density at radius 3 is 2.41 bits per heavy atom. The lowest BCUT2D eigenvalue weighted by Gasteiger charge is -2.11. The quantitative estimate of drug-likeness (QED) is 0.314. The Balaban J connectivity index is 1.61. The second-order valence-electron chi connectivity index (χ2n) is 7.32. The van der Waals surface area contributed by atoms with Crippen LogP contribution in [0.1, 0.15) is 27.3 Å². The number of aromatic nitrogens is 1. The molecule has 1 aromatic heterocycles. The molecule has 0 saturated carbocycles. The number of carbonyl (C=O) groups is 3. The Morgan fingerprint density at radius 2 is 1.72 bits per heavy atom. The predicted molar refractivity (Wildman–Crippen MR) is 129 cm³/mol. The molecule has 0 radical (unpaired) electrons. The van der Waals surface area contributed by atoms with Crippen LogP contribution in [-0.2, 0) is 4.79 Å². The average molecular weight is 485 g/mol. The Kier molecular flexibility index (Phi) is 6.29. The van der Waals surface area contributed by atoms with Crippen molar-refractivity contribution in [2.75, 3.05) is 6.54 Å². The molecule has 1 saturated heterocycles. The largest absolute Gasteiger partial charge is 0.318 e. The van der Waals surface area contributed by atoms with E-state index in [-0.39, 0.29) is 17.2 Å². The van der Waals surface area contributed by atoms with E-state index >= 15 is 0 Å². The normalized spacial score (nSPS) is 15.1. The number of amides is 2. The minimum atomic E-state index is -0.469. The van der Waals surface area contributed by atoms with Crippen LogP contribution in [0.5, 0.6) is 0 Å². The number of hydrogen-bond acceptors (Lipinski definition) is 4. The zero-order valence-electron chi connectivity index (χ0n) is 17.3. The first-order chi connectivity index (χ1) is 15.3. The van der Waals surface area contributed by atoms with E-state index in [4.69, 9.17) is 23.2 Å². The lowest BCUT2D eigenvalue weighted by molar-refractivity contribution is -0.122. The molecule has 1 fully saturated rings. The number of nitrogens with zero attached hydrogens (tertiary/aromatic N) is 2. The number of aryl methyl sites for hydroxylation is 1. The van der Waals surface area contributed by atoms with Crippen LogP contribution in [0, 0.1) is 13.8 Å². The van der Waals surface area contributed by atoms with E-state index in [2.05, 4.69) is 0 Å². The number of halogens is 2. The first kappa shape index (κ1) is 22.4. The molecule has 0 aliphatic carbocycles. The standard InChI is InChI=1S/C24H18Cl2N2O3S/c1-14-10-17(15(2)28(14)18-8-9-19(25)20(26)12-18)11-22-23(30)27(24(31)32-22)13-21(29)16-6-4-3-5-7-16/h3-12H,13H2,1-2H3/b22-11-. The van der Waals surface area contributed by atoms with Crippen molar-refractivity contribution in [2.45, 2.75) is 13.8 Å². The minimum absolute atomic E-state index is 0.283. The van der Waals surface area contributed by atoms with Crippen LogP contribution in [0.15, 0.2) is 59.5 Å². The summed E-state index contributed by atoms with van der Waals surface area (Å²) in [6, 6.07) is 15.9. The number of hydrogen-bond donors (Lipinski definition) is 0. The summed E-state index contributed by atoms with van der Waals surface area (Å²) >= 11 is 13.0. The highest BCUT2D eigenvalue weighted by atomic mass is 35.5. The van der Waals surface area contributed by atoms with Gasteiger partial charge in [0.2, 0.25) is 0 Å². The average Bonchev–Trinajstić information content (AvgIpc) is 3.20. The van der Waals surface area contributed by atoms with Gasteiger partial charge in [-0.15, -0.1) is 0 Å². The SMILES string of the molecule is Cc1cc(/C=C2\SC(=O)N(CC(=O)c3ccccc3)C2=O)c(C)n1-c1ccc(Cl)c(Cl)c1. The molecule has 3 aromatic rings. The highest BCUT2D eigenvalue weighted by Gasteiger charge is 2.36. The van der Waals surface area contributed by atoms with Crippen molar-refractivity contribution < 1.29 is 14.4 Å². The smallest absolute Gasteiger partial charge is 0.293 e. The van der Waals surface area contributed by atoms with Gasteiger partial charge in [-0.25, -0.2) is 0 Å². The van der Waals surface area contributed by atoms with E-state index in [1.807, 2.05) is 30.5 Å². The van der Waals surface area contributed by atoms with Gasteiger partial charge in [0, 0.05) is 22.6 Å². The van der Waals surface area contributed by atoms with E-state index in [9.17, 15) is 14.4 Å². The molecule has 32 heavy (non-hydrogen) atoms. The van der Waals surface area contributed by atoms with Crippen molar-refractivity contribution in [3.05, 3.63) is 92.1 Å². The fourth-order valence-electron chi connectivity index (χ4n) is 3.59. The van der Waals surface area contributed by atoms with Gasteiger partial charge in [-0.2, -0.15) is 0 Å². The summed E-state index contributed by atoms with van der Waals surface area (Å²) in [6.45, 7) is 3.58. The van der Waals surface area contributed by atoms with Crippen molar-refractivity contribution in [3.63, 3.8) is 0 Å². The Labute approximate surface area is 199 Å². The molecular weight excluding hydrogens is 467 g/mol. The van der Waals surface area contributed by atoms with E-state index < -0.39 is 11.1 Å². The van der Waals surface area contributed by atoms with Gasteiger partial charge in [0.05, 0.1) is 21.5 Å². The lowest BCUT2D eigenvalue weighted by atomic mass is 10.1. The summed E-state index contributed by atoms with van der Waals surface area (Å²) in [6.07, 6.45) is 1.69. The van der Waals surface area contributed by atoms with Gasteiger partial charge in [0.15, 0.2) is 5.78 Å². The lowest BCUT2D eigenvalue weighted by Crippen LogP contribution is -2.33. The number of imide groups is 1. The van der Waals surface area contributed by atoms with Crippen molar-refractivity contribution in [2.24, 2.45) is 0 Å². The summed E-state index contributed by atoms with van der Waals surface area (Å²) in [5.74, 6) is -0.754. The molecule has 0 bridgehead atoms. The van der Waals surface area contributed by atoms with E-state index in [1.165, 1.54) is 0 Å². The number of rotatable bonds is 5. The highest BCUT2D eigenvalue weighted by molar-refractivity contribution is 8.18. The molecule has 1 aliphatic heterocycles. The minimum Gasteiger partial charge on any atom is -0.318 e. The molecule has 162 valence electrons. The van der Waals surface area contributed by atoms with Crippen LogP contribution in [0.4, 0.5) is 4.79 Å². The number of ketones is 1. The van der Waals surface area contributed by atoms with Crippen molar-refractivity contribution >= 4 is 58.0 Å². The monoisotopic (exact) mass is 484 g/mol. The third-order valence-corrected chi connectivity index (χ3v) is 6.84. The van der Waals surface area contributed by atoms with Crippen molar-refractivity contribution in [1.82, 2.24) is 9.47 Å². The highest BCUT2D eigenvalue weighted by Crippen LogP contribution is 2.34. The first-order valence-electron chi connectivity index (χ1n) is 9.74. The van der Waals surface area contributed by atoms with Crippen LogP contribution < -0.4 is 0 Å². The summed E-state index contributed by atoms with van der Waals surface area (Å²) in [7, 11) is 0. The number of Topliss-reactive ketones (excluding diaryl/α,β-unsaturated/α-hetero) is 1. The Morgan fingerprint density at radius 1 is 1.00 bits per heavy atom. The van der Waals surface area contributed by atoms with Crippen LogP contribution >= 0.6 is 35.0 Å². The molecule has 0 N–H and O–H groups in total. The molecule has 2 amide bonds. The van der Waals surface area contributed by atoms with Gasteiger partial charge in [0.25, 0.3) is 11.1 Å². The summed E-state index contributed by atoms with van der Waals surface area (Å²) < 4.78 is 2.00. The van der Waals surface area contributed by atoms with Crippen molar-refractivity contribution in [1.29, 1.82) is 0 Å². The molecule has 8 heteroatoms. The molecule has 1 aliphatic rings. The molecule has 0 atom stereocenters. The maximum atomic E-state index is 12.9. The molecule has 2 aromatic carbocycles. The zero-order chi connectivity index (χ0) is 23.0. The first-order valence-corrected chi connectivity index (χ1v) is 11.3. The fourth-order valence-corrected chi connectivity index (χ4v) is 4.71. The summed E-state index contributed by atoms with van der Waals surface area (Å²) in [4.78, 5) is 39.1. The van der Waals surface area contributed by atoms with Gasteiger partial charge in [-0.05, 0) is 61.5 Å². The number of thioether (sulfide) groups is 1. The van der Waals surface area contributed by atoms with Gasteiger partial charge < -0.3 is 4.57 Å². The third kappa shape index (κ3) is 4.26. The fraction of sp³-hybridized carbons (Fsp3) is 0.125. The third-order valence-electron chi connectivity index (χ3n) is 5.19. The second kappa shape index (κ2) is 8.98. The molecule has 0 unspecified atom stereocenters.